The zero-order chi connectivity index (χ0) is 13.5. The molecule has 0 amide bonds. The van der Waals surface area contributed by atoms with Crippen molar-refractivity contribution < 1.29 is 5.11 Å². The molecule has 3 nitrogen and oxygen atoms in total. The molecule has 4 rings (SSSR count). The predicted molar refractivity (Wildman–Crippen MR) is 81.1 cm³/mol. The average molecular weight is 268 g/mol. The lowest BCUT2D eigenvalue weighted by molar-refractivity contribution is 0.122. The maximum absolute atomic E-state index is 9.67. The molecule has 0 unspecified atom stereocenters. The highest BCUT2D eigenvalue weighted by molar-refractivity contribution is 5.82. The molecule has 1 aliphatic heterocycles. The van der Waals surface area contributed by atoms with Gasteiger partial charge in [0.25, 0.3) is 0 Å². The van der Waals surface area contributed by atoms with Crippen molar-refractivity contribution in [2.75, 3.05) is 11.4 Å². The number of benzene rings is 1. The van der Waals surface area contributed by atoms with E-state index in [0.29, 0.717) is 6.04 Å². The lowest BCUT2D eigenvalue weighted by atomic mass is 9.92. The van der Waals surface area contributed by atoms with Gasteiger partial charge in [-0.1, -0.05) is 18.2 Å². The van der Waals surface area contributed by atoms with Crippen LogP contribution in [0.25, 0.3) is 10.9 Å². The van der Waals surface area contributed by atoms with Crippen molar-refractivity contribution >= 4 is 16.7 Å². The number of aliphatic hydroxyl groups is 1. The second kappa shape index (κ2) is 4.74. The highest BCUT2D eigenvalue weighted by Crippen LogP contribution is 2.34. The van der Waals surface area contributed by atoms with Crippen LogP contribution >= 0.6 is 0 Å². The van der Waals surface area contributed by atoms with Crippen LogP contribution in [0.15, 0.2) is 30.3 Å². The molecule has 0 spiro atoms. The van der Waals surface area contributed by atoms with Crippen molar-refractivity contribution in [2.24, 2.45) is 0 Å². The van der Waals surface area contributed by atoms with Crippen molar-refractivity contribution in [2.45, 2.75) is 44.2 Å². The summed E-state index contributed by atoms with van der Waals surface area (Å²) in [5.41, 5.74) is 2.48. The van der Waals surface area contributed by atoms with Crippen molar-refractivity contribution in [3.8, 4) is 0 Å². The molecule has 2 aliphatic rings. The van der Waals surface area contributed by atoms with E-state index in [1.54, 1.807) is 0 Å². The summed E-state index contributed by atoms with van der Waals surface area (Å²) < 4.78 is 0. The molecule has 20 heavy (non-hydrogen) atoms. The van der Waals surface area contributed by atoms with Gasteiger partial charge in [0.2, 0.25) is 0 Å². The van der Waals surface area contributed by atoms with Crippen LogP contribution < -0.4 is 4.90 Å². The standard InChI is InChI=1S/C17H20N2O/c20-15-7-5-14(6-8-15)19-10-9-13-11-12-3-1-2-4-16(12)18-17(13)19/h1-4,11,14-15,20H,5-10H2. The number of pyridine rings is 1. The third-order valence-corrected chi connectivity index (χ3v) is 4.78. The van der Waals surface area contributed by atoms with Crippen LogP contribution in [0.2, 0.25) is 0 Å². The highest BCUT2D eigenvalue weighted by Gasteiger charge is 2.30. The van der Waals surface area contributed by atoms with Gasteiger partial charge < -0.3 is 10.0 Å². The fourth-order valence-corrected chi connectivity index (χ4v) is 3.65. The predicted octanol–water partition coefficient (Wildman–Crippen LogP) is 2.90. The van der Waals surface area contributed by atoms with Gasteiger partial charge in [-0.15, -0.1) is 0 Å². The first-order valence-corrected chi connectivity index (χ1v) is 7.64. The van der Waals surface area contributed by atoms with Crippen molar-refractivity contribution in [3.05, 3.63) is 35.9 Å². The minimum Gasteiger partial charge on any atom is -0.393 e. The van der Waals surface area contributed by atoms with Crippen LogP contribution in [0.3, 0.4) is 0 Å². The number of anilines is 1. The molecule has 1 aromatic heterocycles. The van der Waals surface area contributed by atoms with Crippen molar-refractivity contribution in [1.82, 2.24) is 4.98 Å². The van der Waals surface area contributed by atoms with Gasteiger partial charge in [0.1, 0.15) is 5.82 Å². The largest absolute Gasteiger partial charge is 0.393 e. The van der Waals surface area contributed by atoms with Gasteiger partial charge >= 0.3 is 0 Å². The molecular weight excluding hydrogens is 248 g/mol. The maximum atomic E-state index is 9.67. The number of para-hydroxylation sites is 1. The molecule has 0 atom stereocenters. The van der Waals surface area contributed by atoms with E-state index in [2.05, 4.69) is 35.2 Å². The molecule has 1 aliphatic carbocycles. The Morgan fingerprint density at radius 3 is 2.75 bits per heavy atom. The Morgan fingerprint density at radius 1 is 1.10 bits per heavy atom. The van der Waals surface area contributed by atoms with E-state index >= 15 is 0 Å². The Hall–Kier alpha value is -1.61. The fraction of sp³-hybridized carbons (Fsp3) is 0.471. The molecular formula is C17H20N2O. The van der Waals surface area contributed by atoms with Gasteiger partial charge in [-0.3, -0.25) is 0 Å². The third kappa shape index (κ3) is 1.97. The second-order valence-corrected chi connectivity index (χ2v) is 6.07. The summed E-state index contributed by atoms with van der Waals surface area (Å²) in [4.78, 5) is 7.37. The van der Waals surface area contributed by atoms with Gasteiger partial charge in [0.05, 0.1) is 11.6 Å². The summed E-state index contributed by atoms with van der Waals surface area (Å²) in [5.74, 6) is 1.19. The lowest BCUT2D eigenvalue weighted by Crippen LogP contribution is -2.38. The minimum atomic E-state index is -0.0853. The second-order valence-electron chi connectivity index (χ2n) is 6.07. The summed E-state index contributed by atoms with van der Waals surface area (Å²) in [6, 6.07) is 11.2. The number of fused-ring (bicyclic) bond motifs is 2. The van der Waals surface area contributed by atoms with E-state index in [9.17, 15) is 5.11 Å². The molecule has 1 saturated carbocycles. The molecule has 1 N–H and O–H groups in total. The number of hydrogen-bond donors (Lipinski definition) is 1. The Labute approximate surface area is 119 Å². The number of hydrogen-bond acceptors (Lipinski definition) is 3. The van der Waals surface area contributed by atoms with E-state index in [4.69, 9.17) is 4.98 Å². The summed E-state index contributed by atoms with van der Waals surface area (Å²) in [7, 11) is 0. The van der Waals surface area contributed by atoms with Crippen LogP contribution in [0.1, 0.15) is 31.2 Å². The smallest absolute Gasteiger partial charge is 0.132 e. The lowest BCUT2D eigenvalue weighted by Gasteiger charge is -2.34. The quantitative estimate of drug-likeness (QED) is 0.864. The number of aliphatic hydroxyl groups excluding tert-OH is 1. The summed E-state index contributed by atoms with van der Waals surface area (Å²) in [5, 5.41) is 10.9. The van der Waals surface area contributed by atoms with Crippen LogP contribution in [-0.2, 0) is 6.42 Å². The summed E-state index contributed by atoms with van der Waals surface area (Å²) >= 11 is 0. The van der Waals surface area contributed by atoms with Crippen LogP contribution in [0, 0.1) is 0 Å². The number of nitrogens with zero attached hydrogens (tertiary/aromatic N) is 2. The van der Waals surface area contributed by atoms with E-state index in [1.807, 2.05) is 0 Å². The van der Waals surface area contributed by atoms with Gasteiger partial charge in [-0.25, -0.2) is 4.98 Å². The first-order chi connectivity index (χ1) is 9.81. The Bertz CT molecular complexity index is 632. The first kappa shape index (κ1) is 12.2. The normalized spacial score (nSPS) is 25.9. The van der Waals surface area contributed by atoms with Crippen LogP contribution in [0.5, 0.6) is 0 Å². The van der Waals surface area contributed by atoms with Crippen molar-refractivity contribution in [1.29, 1.82) is 0 Å². The summed E-state index contributed by atoms with van der Waals surface area (Å²) in [6.07, 6.45) is 5.07. The highest BCUT2D eigenvalue weighted by atomic mass is 16.3. The zero-order valence-corrected chi connectivity index (χ0v) is 11.6. The van der Waals surface area contributed by atoms with Crippen LogP contribution in [0.4, 0.5) is 5.82 Å². The molecule has 0 radical (unpaired) electrons. The van der Waals surface area contributed by atoms with E-state index in [-0.39, 0.29) is 6.10 Å². The van der Waals surface area contributed by atoms with E-state index in [1.165, 1.54) is 16.8 Å². The first-order valence-electron chi connectivity index (χ1n) is 7.64. The molecule has 104 valence electrons. The number of aromatic nitrogens is 1. The average Bonchev–Trinajstić information content (AvgIpc) is 2.88. The molecule has 2 heterocycles. The Kier molecular flexibility index (Phi) is 2.88. The third-order valence-electron chi connectivity index (χ3n) is 4.78. The Balaban J connectivity index is 1.68. The topological polar surface area (TPSA) is 36.4 Å². The van der Waals surface area contributed by atoms with E-state index < -0.39 is 0 Å². The van der Waals surface area contributed by atoms with Crippen LogP contribution in [-0.4, -0.2) is 28.8 Å². The maximum Gasteiger partial charge on any atom is 0.132 e. The molecule has 3 heteroatoms. The fourth-order valence-electron chi connectivity index (χ4n) is 3.65. The molecule has 0 saturated heterocycles. The van der Waals surface area contributed by atoms with Crippen molar-refractivity contribution in [3.63, 3.8) is 0 Å². The number of rotatable bonds is 1. The van der Waals surface area contributed by atoms with Gasteiger partial charge in [-0.05, 0) is 49.8 Å². The SMILES string of the molecule is OC1CCC(N2CCc3cc4ccccc4nc32)CC1. The van der Waals surface area contributed by atoms with Gasteiger partial charge in [0.15, 0.2) is 0 Å². The summed E-state index contributed by atoms with van der Waals surface area (Å²) in [6.45, 7) is 1.08. The van der Waals surface area contributed by atoms with Gasteiger partial charge in [-0.2, -0.15) is 0 Å². The molecule has 1 fully saturated rings. The molecule has 2 aromatic rings. The molecule has 0 bridgehead atoms. The minimum absolute atomic E-state index is 0.0853. The van der Waals surface area contributed by atoms with E-state index in [0.717, 1.165) is 44.2 Å². The Morgan fingerprint density at radius 2 is 1.90 bits per heavy atom. The monoisotopic (exact) mass is 268 g/mol. The van der Waals surface area contributed by atoms with Gasteiger partial charge in [0, 0.05) is 18.0 Å². The molecule has 1 aromatic carbocycles. The zero-order valence-electron chi connectivity index (χ0n) is 11.6.